The number of nitrogens with zero attached hydrogens (tertiary/aromatic N) is 4. The summed E-state index contributed by atoms with van der Waals surface area (Å²) >= 11 is 0. The highest BCUT2D eigenvalue weighted by Gasteiger charge is 2.30. The Balaban J connectivity index is 1.62. The number of hydrogen-bond donors (Lipinski definition) is 2. The molecule has 1 fully saturated rings. The first-order valence-electron chi connectivity index (χ1n) is 9.52. The van der Waals surface area contributed by atoms with Crippen molar-refractivity contribution in [1.29, 1.82) is 0 Å². The molecule has 8 nitrogen and oxygen atoms in total. The van der Waals surface area contributed by atoms with E-state index in [9.17, 15) is 18.0 Å². The minimum atomic E-state index is -4.48. The number of H-pyrrole nitrogens is 1. The van der Waals surface area contributed by atoms with Crippen molar-refractivity contribution in [2.75, 3.05) is 36.5 Å². The average Bonchev–Trinajstić information content (AvgIpc) is 2.73. The van der Waals surface area contributed by atoms with Gasteiger partial charge >= 0.3 is 6.18 Å². The molecule has 1 aromatic carbocycles. The Bertz CT molecular complexity index is 1140. The van der Waals surface area contributed by atoms with Crippen LogP contribution in [0, 0.1) is 6.92 Å². The largest absolute Gasteiger partial charge is 0.416 e. The predicted molar refractivity (Wildman–Crippen MR) is 108 cm³/mol. The van der Waals surface area contributed by atoms with E-state index in [1.807, 2.05) is 4.90 Å². The Hall–Kier alpha value is -3.47. The second-order valence-corrected chi connectivity index (χ2v) is 6.95. The van der Waals surface area contributed by atoms with Gasteiger partial charge in [-0.2, -0.15) is 13.2 Å². The molecule has 3 aromatic rings. The van der Waals surface area contributed by atoms with Crippen LogP contribution in [0.15, 0.2) is 41.3 Å². The van der Waals surface area contributed by atoms with E-state index >= 15 is 0 Å². The molecule has 0 atom stereocenters. The first-order chi connectivity index (χ1) is 14.8. The molecular weight excluding hydrogens is 413 g/mol. The number of aromatic amines is 1. The molecule has 0 amide bonds. The summed E-state index contributed by atoms with van der Waals surface area (Å²) in [6, 6.07) is 5.92. The molecule has 0 aliphatic carbocycles. The van der Waals surface area contributed by atoms with Crippen molar-refractivity contribution in [1.82, 2.24) is 19.9 Å². The zero-order chi connectivity index (χ0) is 22.0. The molecule has 0 bridgehead atoms. The summed E-state index contributed by atoms with van der Waals surface area (Å²) < 4.78 is 44.2. The molecule has 1 aliphatic heterocycles. The number of aryl methyl sites for hydroxylation is 1. The van der Waals surface area contributed by atoms with Crippen molar-refractivity contribution < 1.29 is 17.9 Å². The molecule has 2 N–H and O–H groups in total. The van der Waals surface area contributed by atoms with Crippen molar-refractivity contribution in [2.45, 2.75) is 13.1 Å². The number of hydrogen-bond acceptors (Lipinski definition) is 7. The second-order valence-electron chi connectivity index (χ2n) is 6.95. The number of nitrogens with one attached hydrogen (secondary N) is 2. The van der Waals surface area contributed by atoms with Crippen LogP contribution in [0.3, 0.4) is 0 Å². The minimum Gasteiger partial charge on any atom is -0.378 e. The van der Waals surface area contributed by atoms with E-state index in [0.717, 1.165) is 12.1 Å². The number of benzene rings is 1. The Labute approximate surface area is 175 Å². The Morgan fingerprint density at radius 3 is 2.65 bits per heavy atom. The predicted octanol–water partition coefficient (Wildman–Crippen LogP) is 3.13. The van der Waals surface area contributed by atoms with Gasteiger partial charge in [-0.3, -0.25) is 9.78 Å². The maximum absolute atomic E-state index is 12.9. The van der Waals surface area contributed by atoms with Gasteiger partial charge in [0.15, 0.2) is 0 Å². The van der Waals surface area contributed by atoms with E-state index in [4.69, 9.17) is 4.74 Å². The van der Waals surface area contributed by atoms with E-state index in [2.05, 4.69) is 25.3 Å². The van der Waals surface area contributed by atoms with Gasteiger partial charge in [-0.1, -0.05) is 6.07 Å². The summed E-state index contributed by atoms with van der Waals surface area (Å²) in [4.78, 5) is 29.9. The van der Waals surface area contributed by atoms with Crippen molar-refractivity contribution in [3.05, 3.63) is 58.1 Å². The fraction of sp³-hybridized carbons (Fsp3) is 0.300. The number of alkyl halides is 3. The molecule has 0 radical (unpaired) electrons. The van der Waals surface area contributed by atoms with Gasteiger partial charge in [0.1, 0.15) is 0 Å². The number of rotatable bonds is 4. The summed E-state index contributed by atoms with van der Waals surface area (Å²) in [6.07, 6.45) is -2.89. The van der Waals surface area contributed by atoms with Gasteiger partial charge in [0.05, 0.1) is 30.2 Å². The lowest BCUT2D eigenvalue weighted by molar-refractivity contribution is -0.137. The minimum absolute atomic E-state index is 0.0125. The summed E-state index contributed by atoms with van der Waals surface area (Å²) in [7, 11) is 0. The van der Waals surface area contributed by atoms with Crippen LogP contribution in [-0.2, 0) is 10.9 Å². The van der Waals surface area contributed by atoms with Crippen LogP contribution >= 0.6 is 0 Å². The lowest BCUT2D eigenvalue weighted by Gasteiger charge is -2.27. The molecule has 31 heavy (non-hydrogen) atoms. The third-order valence-electron chi connectivity index (χ3n) is 4.73. The van der Waals surface area contributed by atoms with Crippen LogP contribution in [0.4, 0.5) is 30.8 Å². The zero-order valence-corrected chi connectivity index (χ0v) is 16.5. The van der Waals surface area contributed by atoms with Crippen LogP contribution in [0.2, 0.25) is 0 Å². The number of aromatic nitrogens is 4. The highest BCUT2D eigenvalue weighted by atomic mass is 19.4. The number of morpholine rings is 1. The highest BCUT2D eigenvalue weighted by molar-refractivity contribution is 5.64. The first-order valence-corrected chi connectivity index (χ1v) is 9.52. The molecule has 0 spiro atoms. The quantitative estimate of drug-likeness (QED) is 0.654. The van der Waals surface area contributed by atoms with E-state index in [1.165, 1.54) is 18.2 Å². The maximum atomic E-state index is 12.9. The maximum Gasteiger partial charge on any atom is 0.416 e. The van der Waals surface area contributed by atoms with Gasteiger partial charge in [-0.25, -0.2) is 15.0 Å². The zero-order valence-electron chi connectivity index (χ0n) is 16.5. The first kappa shape index (κ1) is 20.8. The van der Waals surface area contributed by atoms with Gasteiger partial charge in [0, 0.05) is 36.6 Å². The Morgan fingerprint density at radius 1 is 1.16 bits per heavy atom. The van der Waals surface area contributed by atoms with Crippen molar-refractivity contribution in [3.63, 3.8) is 0 Å². The van der Waals surface area contributed by atoms with E-state index < -0.39 is 17.3 Å². The summed E-state index contributed by atoms with van der Waals surface area (Å²) in [5.41, 5.74) is 0.361. The van der Waals surface area contributed by atoms with Gasteiger partial charge in [0.2, 0.25) is 11.9 Å². The third kappa shape index (κ3) is 4.82. The standard InChI is InChI=1S/C20H19F3N6O2/c1-12-15(11-24-19(25-12)29-5-7-31-8-6-29)16-10-17(30)28-18(27-16)26-14-4-2-3-13(9-14)20(21,22)23/h2-4,9-11H,5-8H2,1H3,(H2,26,27,28,30). The average molecular weight is 432 g/mol. The molecule has 162 valence electrons. The molecule has 1 saturated heterocycles. The van der Waals surface area contributed by atoms with Gasteiger partial charge < -0.3 is 15.0 Å². The van der Waals surface area contributed by atoms with Gasteiger partial charge in [-0.15, -0.1) is 0 Å². The van der Waals surface area contributed by atoms with Crippen molar-refractivity contribution in [3.8, 4) is 11.3 Å². The number of ether oxygens (including phenoxy) is 1. The van der Waals surface area contributed by atoms with E-state index in [1.54, 1.807) is 13.1 Å². The fourth-order valence-corrected chi connectivity index (χ4v) is 3.19. The molecule has 1 aliphatic rings. The molecule has 4 rings (SSSR count). The van der Waals surface area contributed by atoms with Crippen LogP contribution in [-0.4, -0.2) is 46.2 Å². The number of anilines is 3. The van der Waals surface area contributed by atoms with Gasteiger partial charge in [0.25, 0.3) is 5.56 Å². The Kier molecular flexibility index (Phi) is 5.59. The SMILES string of the molecule is Cc1nc(N2CCOCC2)ncc1-c1cc(=O)[nH]c(Nc2cccc(C(F)(F)F)c2)n1. The van der Waals surface area contributed by atoms with Crippen LogP contribution in [0.5, 0.6) is 0 Å². The smallest absolute Gasteiger partial charge is 0.378 e. The number of halogens is 3. The lowest BCUT2D eigenvalue weighted by atomic mass is 10.1. The van der Waals surface area contributed by atoms with Crippen LogP contribution in [0.1, 0.15) is 11.3 Å². The van der Waals surface area contributed by atoms with Crippen LogP contribution in [0.25, 0.3) is 11.3 Å². The molecular formula is C20H19F3N6O2. The molecule has 0 unspecified atom stereocenters. The van der Waals surface area contributed by atoms with Crippen LogP contribution < -0.4 is 15.8 Å². The Morgan fingerprint density at radius 2 is 1.94 bits per heavy atom. The highest BCUT2D eigenvalue weighted by Crippen LogP contribution is 2.31. The van der Waals surface area contributed by atoms with Crippen molar-refractivity contribution in [2.24, 2.45) is 0 Å². The summed E-state index contributed by atoms with van der Waals surface area (Å²) in [5.74, 6) is 0.579. The molecule has 11 heteroatoms. The van der Waals surface area contributed by atoms with Gasteiger partial charge in [-0.05, 0) is 25.1 Å². The summed E-state index contributed by atoms with van der Waals surface area (Å²) in [6.45, 7) is 4.36. The summed E-state index contributed by atoms with van der Waals surface area (Å²) in [5, 5.41) is 2.72. The molecule has 0 saturated carbocycles. The topological polar surface area (TPSA) is 96.0 Å². The fourth-order valence-electron chi connectivity index (χ4n) is 3.19. The van der Waals surface area contributed by atoms with E-state index in [0.29, 0.717) is 49.2 Å². The second kappa shape index (κ2) is 8.34. The lowest BCUT2D eigenvalue weighted by Crippen LogP contribution is -2.37. The van der Waals surface area contributed by atoms with Crippen molar-refractivity contribution >= 4 is 17.6 Å². The van der Waals surface area contributed by atoms with E-state index in [-0.39, 0.29) is 11.6 Å². The third-order valence-corrected chi connectivity index (χ3v) is 4.73. The molecule has 3 heterocycles. The normalized spacial score (nSPS) is 14.5. The molecule has 2 aromatic heterocycles. The monoisotopic (exact) mass is 432 g/mol.